The Bertz CT molecular complexity index is 749. The fourth-order valence-corrected chi connectivity index (χ4v) is 22.6. The van der Waals surface area contributed by atoms with Crippen LogP contribution in [0.2, 0.25) is 33.0 Å². The Labute approximate surface area is 210 Å². The molecule has 3 aliphatic rings. The van der Waals surface area contributed by atoms with E-state index in [1.807, 2.05) is 0 Å². The van der Waals surface area contributed by atoms with Crippen molar-refractivity contribution in [2.45, 2.75) is 143 Å². The summed E-state index contributed by atoms with van der Waals surface area (Å²) in [5, 5.41) is 1.68. The second-order valence-electron chi connectivity index (χ2n) is 12.4. The molecule has 2 aliphatic carbocycles. The standard InChI is InChI=1S/C17H25O2Si.3C4H9.Sn/c1-7-13(20(4,5)6)14-11-9-8-10-12(11)15-16(14)19-17(2,3)18-15;3*1-3-4-2;/h1,7,15-16H,8-10H2,2-6H3;3*1,3-4H2,2H3;/b7-1?,14-13+;;;;/t15-,16+;;;;/m1..../s1. The molecule has 3 rings (SSSR count). The average Bonchev–Trinajstić information content (AvgIpc) is 3.40. The number of fused-ring (bicyclic) bond motifs is 2. The molecule has 1 saturated heterocycles. The van der Waals surface area contributed by atoms with E-state index >= 15 is 0 Å². The normalized spacial score (nSPS) is 26.4. The van der Waals surface area contributed by atoms with Crippen molar-refractivity contribution in [1.29, 1.82) is 0 Å². The zero-order valence-electron chi connectivity index (χ0n) is 23.1. The zero-order valence-corrected chi connectivity index (χ0v) is 27.0. The molecule has 2 atom stereocenters. The fraction of sp³-hybridized carbons (Fsp3) is 0.793. The molecular formula is C29H52O2SiSn. The van der Waals surface area contributed by atoms with Crippen LogP contribution in [0.5, 0.6) is 0 Å². The summed E-state index contributed by atoms with van der Waals surface area (Å²) in [4.78, 5) is 0. The van der Waals surface area contributed by atoms with Gasteiger partial charge in [-0.25, -0.2) is 0 Å². The Morgan fingerprint density at radius 1 is 0.909 bits per heavy atom. The van der Waals surface area contributed by atoms with Crippen LogP contribution in [-0.2, 0) is 9.47 Å². The number of allylic oxidation sites excluding steroid dienone is 2. The number of rotatable bonds is 12. The second kappa shape index (κ2) is 11.5. The Hall–Kier alpha value is 0.156. The van der Waals surface area contributed by atoms with Gasteiger partial charge in [-0.15, -0.1) is 0 Å². The van der Waals surface area contributed by atoms with Crippen LogP contribution in [-0.4, -0.2) is 44.4 Å². The average molecular weight is 580 g/mol. The summed E-state index contributed by atoms with van der Waals surface area (Å²) in [6.07, 6.45) is 15.0. The van der Waals surface area contributed by atoms with Gasteiger partial charge in [-0.3, -0.25) is 0 Å². The number of unbranched alkanes of at least 4 members (excludes halogenated alkanes) is 3. The third kappa shape index (κ3) is 6.48. The Balaban J connectivity index is 2.07. The van der Waals surface area contributed by atoms with Gasteiger partial charge in [-0.05, 0) is 0 Å². The van der Waals surface area contributed by atoms with E-state index in [1.165, 1.54) is 57.8 Å². The summed E-state index contributed by atoms with van der Waals surface area (Å²) >= 11 is -2.34. The first kappa shape index (κ1) is 27.7. The van der Waals surface area contributed by atoms with Crippen molar-refractivity contribution in [2.75, 3.05) is 0 Å². The summed E-state index contributed by atoms with van der Waals surface area (Å²) in [5.74, 6) is -0.470. The molecule has 1 heterocycles. The SMILES string of the molecule is CCC[CH2][Sn](/[CH]=C/C(=C1/C2=C(CCC2)[C@H]2OC(C)(C)O[C@@H]12)[Si](C)(C)C)([CH2]CCC)[CH2]CCC. The summed E-state index contributed by atoms with van der Waals surface area (Å²) in [6.45, 7) is 19.0. The molecule has 0 radical (unpaired) electrons. The molecule has 0 aromatic heterocycles. The molecule has 1 aliphatic heterocycles. The molecule has 0 saturated carbocycles. The summed E-state index contributed by atoms with van der Waals surface area (Å²) in [6, 6.07) is 0. The Morgan fingerprint density at radius 2 is 1.45 bits per heavy atom. The molecule has 0 spiro atoms. The van der Waals surface area contributed by atoms with E-state index < -0.39 is 32.2 Å². The topological polar surface area (TPSA) is 18.5 Å². The number of hydrogen-bond acceptors (Lipinski definition) is 2. The number of hydrogen-bond donors (Lipinski definition) is 0. The minimum atomic E-state index is -2.34. The summed E-state index contributed by atoms with van der Waals surface area (Å²) in [5.41, 5.74) is 4.76. The van der Waals surface area contributed by atoms with Crippen LogP contribution < -0.4 is 0 Å². The monoisotopic (exact) mass is 580 g/mol. The van der Waals surface area contributed by atoms with Gasteiger partial charge in [0.1, 0.15) is 0 Å². The molecule has 0 amide bonds. The van der Waals surface area contributed by atoms with Gasteiger partial charge in [-0.1, -0.05) is 0 Å². The fourth-order valence-electron chi connectivity index (χ4n) is 6.32. The third-order valence-corrected chi connectivity index (χ3v) is 24.2. The molecule has 0 bridgehead atoms. The molecule has 1 fully saturated rings. The van der Waals surface area contributed by atoms with Gasteiger partial charge >= 0.3 is 211 Å². The molecular weight excluding hydrogens is 527 g/mol. The van der Waals surface area contributed by atoms with E-state index in [1.54, 1.807) is 35.2 Å². The Morgan fingerprint density at radius 3 is 1.97 bits per heavy atom. The van der Waals surface area contributed by atoms with Gasteiger partial charge in [0.05, 0.1) is 0 Å². The van der Waals surface area contributed by atoms with Gasteiger partial charge in [0.2, 0.25) is 0 Å². The molecule has 2 nitrogen and oxygen atoms in total. The molecule has 0 N–H and O–H groups in total. The zero-order chi connectivity index (χ0) is 24.3. The molecule has 0 aromatic carbocycles. The van der Waals surface area contributed by atoms with Gasteiger partial charge in [0.25, 0.3) is 0 Å². The van der Waals surface area contributed by atoms with E-state index in [2.05, 4.69) is 64.4 Å². The third-order valence-electron chi connectivity index (χ3n) is 8.10. The second-order valence-corrected chi connectivity index (χ2v) is 30.5. The van der Waals surface area contributed by atoms with Crippen LogP contribution in [0.25, 0.3) is 0 Å². The van der Waals surface area contributed by atoms with Crippen molar-refractivity contribution in [3.8, 4) is 0 Å². The van der Waals surface area contributed by atoms with E-state index in [4.69, 9.17) is 9.47 Å². The minimum absolute atomic E-state index is 0.128. The van der Waals surface area contributed by atoms with Gasteiger partial charge in [0.15, 0.2) is 0 Å². The molecule has 188 valence electrons. The van der Waals surface area contributed by atoms with Crippen LogP contribution >= 0.6 is 0 Å². The van der Waals surface area contributed by atoms with Crippen molar-refractivity contribution in [3.05, 3.63) is 32.1 Å². The summed E-state index contributed by atoms with van der Waals surface area (Å²) < 4.78 is 20.6. The van der Waals surface area contributed by atoms with E-state index in [-0.39, 0.29) is 12.2 Å². The first-order valence-corrected chi connectivity index (χ1v) is 25.3. The predicted molar refractivity (Wildman–Crippen MR) is 149 cm³/mol. The van der Waals surface area contributed by atoms with Crippen molar-refractivity contribution in [2.24, 2.45) is 0 Å². The maximum absolute atomic E-state index is 6.61. The number of ether oxygens (including phenoxy) is 2. The van der Waals surface area contributed by atoms with Crippen LogP contribution in [0.15, 0.2) is 32.1 Å². The van der Waals surface area contributed by atoms with E-state index in [0.29, 0.717) is 0 Å². The molecule has 33 heavy (non-hydrogen) atoms. The van der Waals surface area contributed by atoms with Crippen LogP contribution in [0, 0.1) is 0 Å². The predicted octanol–water partition coefficient (Wildman–Crippen LogP) is 9.12. The van der Waals surface area contributed by atoms with Crippen LogP contribution in [0.3, 0.4) is 0 Å². The quantitative estimate of drug-likeness (QED) is 0.215. The molecule has 0 aromatic rings. The Kier molecular flexibility index (Phi) is 9.64. The van der Waals surface area contributed by atoms with Crippen LogP contribution in [0.1, 0.15) is 92.4 Å². The maximum atomic E-state index is 6.61. The van der Waals surface area contributed by atoms with Crippen molar-refractivity contribution >= 4 is 26.5 Å². The van der Waals surface area contributed by atoms with Crippen LogP contribution in [0.4, 0.5) is 0 Å². The van der Waals surface area contributed by atoms with Crippen molar-refractivity contribution in [3.63, 3.8) is 0 Å². The van der Waals surface area contributed by atoms with Gasteiger partial charge in [-0.2, -0.15) is 0 Å². The van der Waals surface area contributed by atoms with Crippen molar-refractivity contribution in [1.82, 2.24) is 0 Å². The first-order chi connectivity index (χ1) is 15.6. The molecule has 4 heteroatoms. The van der Waals surface area contributed by atoms with Gasteiger partial charge < -0.3 is 0 Å². The van der Waals surface area contributed by atoms with Gasteiger partial charge in [0, 0.05) is 0 Å². The van der Waals surface area contributed by atoms with E-state index in [9.17, 15) is 0 Å². The van der Waals surface area contributed by atoms with Crippen molar-refractivity contribution < 1.29 is 9.47 Å². The molecule has 0 unspecified atom stereocenters. The first-order valence-electron chi connectivity index (χ1n) is 14.1. The summed E-state index contributed by atoms with van der Waals surface area (Å²) in [7, 11) is -1.55. The van der Waals surface area contributed by atoms with E-state index in [0.717, 1.165) is 0 Å².